The van der Waals surface area contributed by atoms with Gasteiger partial charge < -0.3 is 9.47 Å². The lowest BCUT2D eigenvalue weighted by molar-refractivity contribution is -0.212. The summed E-state index contributed by atoms with van der Waals surface area (Å²) in [6.07, 6.45) is 13.4. The van der Waals surface area contributed by atoms with Crippen LogP contribution in [0, 0.1) is 23.6 Å². The number of ether oxygens (including phenoxy) is 2. The minimum atomic E-state index is -0.177. The summed E-state index contributed by atoms with van der Waals surface area (Å²) in [7, 11) is 0. The number of halogens is 2. The van der Waals surface area contributed by atoms with Gasteiger partial charge in [0.25, 0.3) is 0 Å². The first-order valence-corrected chi connectivity index (χ1v) is 13.8. The van der Waals surface area contributed by atoms with E-state index in [4.69, 9.17) is 21.1 Å². The van der Waals surface area contributed by atoms with E-state index in [0.29, 0.717) is 16.5 Å². The summed E-state index contributed by atoms with van der Waals surface area (Å²) in [4.78, 5) is 0. The Morgan fingerprint density at radius 1 is 0.853 bits per heavy atom. The van der Waals surface area contributed by atoms with Gasteiger partial charge in [0, 0.05) is 16.5 Å². The first-order chi connectivity index (χ1) is 16.6. The molecule has 1 saturated heterocycles. The molecule has 4 heteroatoms. The fourth-order valence-electron chi connectivity index (χ4n) is 5.66. The van der Waals surface area contributed by atoms with Gasteiger partial charge in [-0.2, -0.15) is 0 Å². The molecule has 1 aliphatic heterocycles. The average Bonchev–Trinajstić information content (AvgIpc) is 2.87. The van der Waals surface area contributed by atoms with Gasteiger partial charge in [0.05, 0.1) is 13.2 Å². The molecule has 0 amide bonds. The van der Waals surface area contributed by atoms with Gasteiger partial charge in [-0.05, 0) is 79.7 Å². The van der Waals surface area contributed by atoms with Crippen molar-refractivity contribution in [3.63, 3.8) is 0 Å². The number of benzene rings is 2. The van der Waals surface area contributed by atoms with Crippen LogP contribution in [0.4, 0.5) is 4.39 Å². The minimum Gasteiger partial charge on any atom is -0.352 e. The van der Waals surface area contributed by atoms with Crippen molar-refractivity contribution >= 4 is 11.6 Å². The largest absolute Gasteiger partial charge is 0.352 e. The zero-order valence-electron chi connectivity index (χ0n) is 20.6. The highest BCUT2D eigenvalue weighted by Crippen LogP contribution is 2.37. The van der Waals surface area contributed by atoms with Gasteiger partial charge in [-0.3, -0.25) is 0 Å². The molecule has 1 heterocycles. The van der Waals surface area contributed by atoms with Gasteiger partial charge in [0.1, 0.15) is 5.82 Å². The van der Waals surface area contributed by atoms with Crippen molar-refractivity contribution in [3.8, 4) is 11.1 Å². The van der Waals surface area contributed by atoms with E-state index in [1.54, 1.807) is 18.2 Å². The van der Waals surface area contributed by atoms with Gasteiger partial charge in [-0.25, -0.2) is 4.39 Å². The Bertz CT molecular complexity index is 868. The van der Waals surface area contributed by atoms with E-state index in [2.05, 4.69) is 6.92 Å². The fourth-order valence-corrected chi connectivity index (χ4v) is 5.78. The molecule has 4 rings (SSSR count). The lowest BCUT2D eigenvalue weighted by Gasteiger charge is -2.37. The van der Waals surface area contributed by atoms with Gasteiger partial charge in [-0.1, -0.05) is 74.9 Å². The Kier molecular flexibility index (Phi) is 9.85. The molecule has 0 atom stereocenters. The first kappa shape index (κ1) is 25.7. The molecule has 0 unspecified atom stereocenters. The summed E-state index contributed by atoms with van der Waals surface area (Å²) >= 11 is 5.94. The van der Waals surface area contributed by atoms with E-state index in [1.165, 1.54) is 44.9 Å². The molecule has 0 radical (unpaired) electrons. The molecule has 0 bridgehead atoms. The highest BCUT2D eigenvalue weighted by molar-refractivity contribution is 6.30. The van der Waals surface area contributed by atoms with Gasteiger partial charge >= 0.3 is 0 Å². The molecule has 2 aliphatic rings. The van der Waals surface area contributed by atoms with E-state index in [-0.39, 0.29) is 12.1 Å². The normalized spacial score (nSPS) is 25.4. The molecular weight excluding hydrogens is 447 g/mol. The molecule has 1 aliphatic carbocycles. The van der Waals surface area contributed by atoms with Gasteiger partial charge in [-0.15, -0.1) is 0 Å². The van der Waals surface area contributed by atoms with Crippen LogP contribution in [-0.2, 0) is 15.9 Å². The quantitative estimate of drug-likeness (QED) is 0.312. The predicted molar refractivity (Wildman–Crippen MR) is 139 cm³/mol. The van der Waals surface area contributed by atoms with Crippen molar-refractivity contribution in [3.05, 3.63) is 58.9 Å². The standard InChI is InChI=1S/C30H40ClFO2/c1-2-3-6-22-9-12-24(13-10-22)26-20-33-30(34-21-26)8-5-4-7-23-11-18-28(29(32)19-23)25-14-16-27(31)17-15-25/h11,14-19,22,24,26,30H,2-10,12-13,20-21H2,1H3. The summed E-state index contributed by atoms with van der Waals surface area (Å²) in [5.41, 5.74) is 2.51. The van der Waals surface area contributed by atoms with Crippen LogP contribution < -0.4 is 0 Å². The van der Waals surface area contributed by atoms with Crippen molar-refractivity contribution in [1.29, 1.82) is 0 Å². The SMILES string of the molecule is CCCCC1CCC(C2COC(CCCCc3ccc(-c4ccc(Cl)cc4)c(F)c3)OC2)CC1. The van der Waals surface area contributed by atoms with E-state index >= 15 is 0 Å². The summed E-state index contributed by atoms with van der Waals surface area (Å²) < 4.78 is 26.8. The fraction of sp³-hybridized carbons (Fsp3) is 0.600. The minimum absolute atomic E-state index is 0.0684. The Labute approximate surface area is 210 Å². The third-order valence-corrected chi connectivity index (χ3v) is 8.11. The van der Waals surface area contributed by atoms with Crippen molar-refractivity contribution in [2.75, 3.05) is 13.2 Å². The van der Waals surface area contributed by atoms with Crippen LogP contribution >= 0.6 is 11.6 Å². The highest BCUT2D eigenvalue weighted by atomic mass is 35.5. The monoisotopic (exact) mass is 486 g/mol. The van der Waals surface area contributed by atoms with Crippen molar-refractivity contribution < 1.29 is 13.9 Å². The molecule has 1 saturated carbocycles. The first-order valence-electron chi connectivity index (χ1n) is 13.4. The summed E-state index contributed by atoms with van der Waals surface area (Å²) in [5.74, 6) is 2.13. The molecule has 2 fully saturated rings. The highest BCUT2D eigenvalue weighted by Gasteiger charge is 2.31. The number of hydrogen-bond donors (Lipinski definition) is 0. The maximum Gasteiger partial charge on any atom is 0.157 e. The van der Waals surface area contributed by atoms with Crippen LogP contribution in [0.25, 0.3) is 11.1 Å². The molecule has 2 aromatic carbocycles. The Morgan fingerprint density at radius 3 is 2.26 bits per heavy atom. The zero-order chi connectivity index (χ0) is 23.8. The Balaban J connectivity index is 1.13. The summed E-state index contributed by atoms with van der Waals surface area (Å²) in [5, 5.41) is 0.659. The molecule has 34 heavy (non-hydrogen) atoms. The van der Waals surface area contributed by atoms with Crippen LogP contribution in [0.15, 0.2) is 42.5 Å². The lowest BCUT2D eigenvalue weighted by atomic mass is 9.75. The Hall–Kier alpha value is -1.42. The maximum atomic E-state index is 14.6. The van der Waals surface area contributed by atoms with Crippen molar-refractivity contribution in [2.24, 2.45) is 17.8 Å². The smallest absolute Gasteiger partial charge is 0.157 e. The molecule has 2 nitrogen and oxygen atoms in total. The number of unbranched alkanes of at least 4 members (excludes halogenated alkanes) is 2. The molecule has 0 N–H and O–H groups in total. The number of rotatable bonds is 10. The number of hydrogen-bond acceptors (Lipinski definition) is 2. The molecule has 0 spiro atoms. The van der Waals surface area contributed by atoms with E-state index in [9.17, 15) is 4.39 Å². The summed E-state index contributed by atoms with van der Waals surface area (Å²) in [6, 6.07) is 12.9. The van der Waals surface area contributed by atoms with Gasteiger partial charge in [0.15, 0.2) is 6.29 Å². The molecule has 2 aromatic rings. The van der Waals surface area contributed by atoms with Crippen molar-refractivity contribution in [2.45, 2.75) is 83.8 Å². The number of aryl methyl sites for hydroxylation is 1. The average molecular weight is 487 g/mol. The van der Waals surface area contributed by atoms with Crippen molar-refractivity contribution in [1.82, 2.24) is 0 Å². The third kappa shape index (κ3) is 7.29. The van der Waals surface area contributed by atoms with Crippen LogP contribution in [-0.4, -0.2) is 19.5 Å². The maximum absolute atomic E-state index is 14.6. The summed E-state index contributed by atoms with van der Waals surface area (Å²) in [6.45, 7) is 4.00. The molecular formula is C30H40ClFO2. The Morgan fingerprint density at radius 2 is 1.59 bits per heavy atom. The van der Waals surface area contributed by atoms with E-state index in [1.807, 2.05) is 24.3 Å². The van der Waals surface area contributed by atoms with Crippen LogP contribution in [0.5, 0.6) is 0 Å². The second kappa shape index (κ2) is 13.0. The van der Waals surface area contributed by atoms with Gasteiger partial charge in [0.2, 0.25) is 0 Å². The van der Waals surface area contributed by atoms with Crippen LogP contribution in [0.3, 0.4) is 0 Å². The lowest BCUT2D eigenvalue weighted by Crippen LogP contribution is -2.37. The molecule has 0 aromatic heterocycles. The second-order valence-corrected chi connectivity index (χ2v) is 10.8. The van der Waals surface area contributed by atoms with E-state index < -0.39 is 0 Å². The van der Waals surface area contributed by atoms with E-state index in [0.717, 1.165) is 61.9 Å². The topological polar surface area (TPSA) is 18.5 Å². The third-order valence-electron chi connectivity index (χ3n) is 7.86. The zero-order valence-corrected chi connectivity index (χ0v) is 21.4. The van der Waals surface area contributed by atoms with Crippen LogP contribution in [0.2, 0.25) is 5.02 Å². The second-order valence-electron chi connectivity index (χ2n) is 10.3. The predicted octanol–water partition coefficient (Wildman–Crippen LogP) is 8.84. The van der Waals surface area contributed by atoms with Crippen LogP contribution in [0.1, 0.15) is 76.7 Å². The molecule has 186 valence electrons.